The maximum atomic E-state index is 12.2. The quantitative estimate of drug-likeness (QED) is 0.710. The Kier molecular flexibility index (Phi) is 4.48. The van der Waals surface area contributed by atoms with E-state index in [1.807, 2.05) is 30.3 Å². The van der Waals surface area contributed by atoms with Crippen molar-refractivity contribution in [2.45, 2.75) is 31.1 Å². The van der Waals surface area contributed by atoms with Crippen molar-refractivity contribution in [3.63, 3.8) is 0 Å². The molecule has 6 nitrogen and oxygen atoms in total. The zero-order chi connectivity index (χ0) is 17.8. The highest BCUT2D eigenvalue weighted by molar-refractivity contribution is 5.76. The molecule has 1 aliphatic rings. The predicted octanol–water partition coefficient (Wildman–Crippen LogP) is 2.91. The highest BCUT2D eigenvalue weighted by Crippen LogP contribution is 2.47. The molecule has 1 fully saturated rings. The summed E-state index contributed by atoms with van der Waals surface area (Å²) in [5, 5.41) is 7.00. The molecule has 0 spiro atoms. The summed E-state index contributed by atoms with van der Waals surface area (Å²) in [6.07, 6.45) is 6.37. The molecule has 0 radical (unpaired) electrons. The molecule has 2 aromatic heterocycles. The number of amides is 1. The second-order valence-electron chi connectivity index (χ2n) is 6.68. The number of aryl methyl sites for hydroxylation is 1. The zero-order valence-electron chi connectivity index (χ0n) is 14.4. The van der Waals surface area contributed by atoms with Gasteiger partial charge in [0.25, 0.3) is 0 Å². The monoisotopic (exact) mass is 348 g/mol. The maximum Gasteiger partial charge on any atom is 0.227 e. The van der Waals surface area contributed by atoms with Crippen LogP contribution in [0.25, 0.3) is 11.4 Å². The summed E-state index contributed by atoms with van der Waals surface area (Å²) in [6, 6.07) is 14.1. The topological polar surface area (TPSA) is 80.9 Å². The average Bonchev–Trinajstić information content (AvgIpc) is 3.35. The fourth-order valence-electron chi connectivity index (χ4n) is 3.06. The minimum Gasteiger partial charge on any atom is -0.355 e. The molecule has 4 rings (SSSR count). The number of hydrogen-bond acceptors (Lipinski definition) is 5. The van der Waals surface area contributed by atoms with Crippen LogP contribution in [0.5, 0.6) is 0 Å². The van der Waals surface area contributed by atoms with Crippen LogP contribution in [0.1, 0.15) is 30.7 Å². The van der Waals surface area contributed by atoms with E-state index in [2.05, 4.69) is 32.6 Å². The molecule has 1 aliphatic carbocycles. The van der Waals surface area contributed by atoms with Gasteiger partial charge in [-0.05, 0) is 30.5 Å². The number of benzene rings is 1. The molecule has 0 saturated heterocycles. The van der Waals surface area contributed by atoms with E-state index in [1.165, 1.54) is 5.56 Å². The molecule has 0 atom stereocenters. The number of carbonyl (C=O) groups excluding carboxylic acids is 1. The van der Waals surface area contributed by atoms with Crippen molar-refractivity contribution in [1.29, 1.82) is 0 Å². The van der Waals surface area contributed by atoms with Gasteiger partial charge >= 0.3 is 0 Å². The Morgan fingerprint density at radius 1 is 1.15 bits per heavy atom. The van der Waals surface area contributed by atoms with Gasteiger partial charge in [-0.15, -0.1) is 0 Å². The lowest BCUT2D eigenvalue weighted by molar-refractivity contribution is -0.121. The molecule has 2 heterocycles. The van der Waals surface area contributed by atoms with E-state index in [9.17, 15) is 4.79 Å². The molecule has 6 heteroatoms. The zero-order valence-corrected chi connectivity index (χ0v) is 14.4. The van der Waals surface area contributed by atoms with E-state index < -0.39 is 0 Å². The third-order valence-corrected chi connectivity index (χ3v) is 4.82. The van der Waals surface area contributed by atoms with E-state index in [1.54, 1.807) is 12.4 Å². The second kappa shape index (κ2) is 7.07. The van der Waals surface area contributed by atoms with Crippen molar-refractivity contribution in [2.24, 2.45) is 0 Å². The highest BCUT2D eigenvalue weighted by Gasteiger charge is 2.44. The molecule has 1 N–H and O–H groups in total. The van der Waals surface area contributed by atoms with Gasteiger partial charge in [0.2, 0.25) is 17.6 Å². The van der Waals surface area contributed by atoms with Gasteiger partial charge in [-0.3, -0.25) is 9.78 Å². The van der Waals surface area contributed by atoms with Crippen LogP contribution in [0.2, 0.25) is 0 Å². The van der Waals surface area contributed by atoms with Gasteiger partial charge in [0.1, 0.15) is 0 Å². The standard InChI is InChI=1S/C20H20N4O2/c25-17(22-14-20(10-11-20)16-6-2-1-3-7-16)8-9-18-23-19(24-26-18)15-5-4-12-21-13-15/h1-7,12-13H,8-11,14H2,(H,22,25). The first-order valence-electron chi connectivity index (χ1n) is 8.80. The van der Waals surface area contributed by atoms with Gasteiger partial charge in [-0.1, -0.05) is 35.5 Å². The van der Waals surface area contributed by atoms with E-state index >= 15 is 0 Å². The Morgan fingerprint density at radius 3 is 2.73 bits per heavy atom. The number of aromatic nitrogens is 3. The summed E-state index contributed by atoms with van der Waals surface area (Å²) in [5.41, 5.74) is 2.22. The first kappa shape index (κ1) is 16.4. The van der Waals surface area contributed by atoms with Crippen LogP contribution in [-0.2, 0) is 16.6 Å². The third kappa shape index (κ3) is 3.64. The first-order chi connectivity index (χ1) is 12.8. The van der Waals surface area contributed by atoms with Crippen LogP contribution in [0.4, 0.5) is 0 Å². The highest BCUT2D eigenvalue weighted by atomic mass is 16.5. The Labute approximate surface area is 151 Å². The summed E-state index contributed by atoms with van der Waals surface area (Å²) in [4.78, 5) is 20.5. The minimum atomic E-state index is 0.00772. The number of rotatable bonds is 7. The molecular weight excluding hydrogens is 328 g/mol. The molecule has 1 aromatic carbocycles. The molecule has 132 valence electrons. The molecular formula is C20H20N4O2. The molecule has 0 unspecified atom stereocenters. The van der Waals surface area contributed by atoms with Gasteiger partial charge in [0, 0.05) is 42.8 Å². The smallest absolute Gasteiger partial charge is 0.227 e. The predicted molar refractivity (Wildman–Crippen MR) is 96.2 cm³/mol. The van der Waals surface area contributed by atoms with Crippen LogP contribution >= 0.6 is 0 Å². The van der Waals surface area contributed by atoms with Gasteiger partial charge in [-0.25, -0.2) is 0 Å². The average molecular weight is 348 g/mol. The van der Waals surface area contributed by atoms with Crippen molar-refractivity contribution in [3.05, 3.63) is 66.3 Å². The Morgan fingerprint density at radius 2 is 2.00 bits per heavy atom. The first-order valence-corrected chi connectivity index (χ1v) is 8.80. The fraction of sp³-hybridized carbons (Fsp3) is 0.300. The van der Waals surface area contributed by atoms with Crippen LogP contribution < -0.4 is 5.32 Å². The second-order valence-corrected chi connectivity index (χ2v) is 6.68. The van der Waals surface area contributed by atoms with E-state index in [0.29, 0.717) is 31.1 Å². The van der Waals surface area contributed by atoms with Crippen molar-refractivity contribution in [1.82, 2.24) is 20.4 Å². The summed E-state index contributed by atoms with van der Waals surface area (Å²) in [7, 11) is 0. The van der Waals surface area contributed by atoms with Gasteiger partial charge < -0.3 is 9.84 Å². The summed E-state index contributed by atoms with van der Waals surface area (Å²) in [6.45, 7) is 0.681. The van der Waals surface area contributed by atoms with Crippen molar-refractivity contribution in [2.75, 3.05) is 6.54 Å². The van der Waals surface area contributed by atoms with Crippen molar-refractivity contribution in [3.8, 4) is 11.4 Å². The molecule has 0 bridgehead atoms. The number of nitrogens with one attached hydrogen (secondary N) is 1. The molecule has 3 aromatic rings. The number of hydrogen-bond donors (Lipinski definition) is 1. The molecule has 0 aliphatic heterocycles. The Balaban J connectivity index is 1.28. The van der Waals surface area contributed by atoms with Crippen LogP contribution in [0, 0.1) is 0 Å². The minimum absolute atomic E-state index is 0.00772. The normalized spacial score (nSPS) is 14.8. The Bertz CT molecular complexity index is 873. The van der Waals surface area contributed by atoms with Crippen LogP contribution in [0.3, 0.4) is 0 Å². The van der Waals surface area contributed by atoms with Crippen LogP contribution in [-0.4, -0.2) is 27.6 Å². The van der Waals surface area contributed by atoms with Crippen LogP contribution in [0.15, 0.2) is 59.4 Å². The lowest BCUT2D eigenvalue weighted by Crippen LogP contribution is -2.32. The lowest BCUT2D eigenvalue weighted by Gasteiger charge is -2.16. The van der Waals surface area contributed by atoms with Crippen molar-refractivity contribution >= 4 is 5.91 Å². The van der Waals surface area contributed by atoms with Gasteiger partial charge in [0.15, 0.2) is 0 Å². The fourth-order valence-corrected chi connectivity index (χ4v) is 3.06. The number of carbonyl (C=O) groups is 1. The summed E-state index contributed by atoms with van der Waals surface area (Å²) in [5.74, 6) is 0.964. The Hall–Kier alpha value is -3.02. The maximum absolute atomic E-state index is 12.2. The van der Waals surface area contributed by atoms with E-state index in [4.69, 9.17) is 4.52 Å². The van der Waals surface area contributed by atoms with Gasteiger partial charge in [0.05, 0.1) is 0 Å². The SMILES string of the molecule is O=C(CCc1nc(-c2cccnc2)no1)NCC1(c2ccccc2)CC1. The van der Waals surface area contributed by atoms with Gasteiger partial charge in [-0.2, -0.15) is 4.98 Å². The number of pyridine rings is 1. The molecule has 1 saturated carbocycles. The molecule has 26 heavy (non-hydrogen) atoms. The number of nitrogens with zero attached hydrogens (tertiary/aromatic N) is 3. The summed E-state index contributed by atoms with van der Waals surface area (Å²) >= 11 is 0. The summed E-state index contributed by atoms with van der Waals surface area (Å²) < 4.78 is 5.23. The van der Waals surface area contributed by atoms with Crippen molar-refractivity contribution < 1.29 is 9.32 Å². The van der Waals surface area contributed by atoms with E-state index in [0.717, 1.165) is 18.4 Å². The largest absolute Gasteiger partial charge is 0.355 e. The molecule has 1 amide bonds. The van der Waals surface area contributed by atoms with E-state index in [-0.39, 0.29) is 11.3 Å². The lowest BCUT2D eigenvalue weighted by atomic mass is 9.96. The third-order valence-electron chi connectivity index (χ3n) is 4.82.